The van der Waals surface area contributed by atoms with Gasteiger partial charge in [0.25, 0.3) is 0 Å². The molecular formula is C12H15NO3. The van der Waals surface area contributed by atoms with Gasteiger partial charge in [-0.1, -0.05) is 13.0 Å². The van der Waals surface area contributed by atoms with Gasteiger partial charge in [0, 0.05) is 0 Å². The van der Waals surface area contributed by atoms with Crippen LogP contribution in [-0.4, -0.2) is 25.2 Å². The maximum absolute atomic E-state index is 12.1. The maximum atomic E-state index is 12.1. The maximum Gasteiger partial charge on any atom is 0.231 e. The lowest BCUT2D eigenvalue weighted by molar-refractivity contribution is 0.0947. The predicted molar refractivity (Wildman–Crippen MR) is 60.0 cm³/mol. The van der Waals surface area contributed by atoms with E-state index in [4.69, 9.17) is 9.47 Å². The highest BCUT2D eigenvalue weighted by molar-refractivity contribution is 6.03. The first-order valence-corrected chi connectivity index (χ1v) is 5.40. The third-order valence-corrected chi connectivity index (χ3v) is 2.57. The molecule has 2 rings (SSSR count). The normalized spacial score (nSPS) is 14.9. The second-order valence-electron chi connectivity index (χ2n) is 3.68. The van der Waals surface area contributed by atoms with Crippen molar-refractivity contribution in [3.8, 4) is 11.5 Å². The molecular weight excluding hydrogens is 206 g/mol. The molecule has 16 heavy (non-hydrogen) atoms. The summed E-state index contributed by atoms with van der Waals surface area (Å²) in [6, 6.07) is 5.17. The minimum Gasteiger partial charge on any atom is -0.454 e. The van der Waals surface area contributed by atoms with Gasteiger partial charge in [0.2, 0.25) is 6.79 Å². The van der Waals surface area contributed by atoms with Crippen LogP contribution in [0.1, 0.15) is 24.2 Å². The lowest BCUT2D eigenvalue weighted by atomic mass is 10.0. The van der Waals surface area contributed by atoms with Gasteiger partial charge in [-0.3, -0.25) is 4.79 Å². The van der Waals surface area contributed by atoms with Crippen LogP contribution in [0.2, 0.25) is 0 Å². The fourth-order valence-electron chi connectivity index (χ4n) is 1.76. The van der Waals surface area contributed by atoms with Crippen molar-refractivity contribution in [2.45, 2.75) is 19.9 Å². The molecule has 86 valence electrons. The van der Waals surface area contributed by atoms with Crippen molar-refractivity contribution >= 4 is 5.78 Å². The van der Waals surface area contributed by atoms with Crippen molar-refractivity contribution < 1.29 is 14.3 Å². The lowest BCUT2D eigenvalue weighted by Gasteiger charge is -2.12. The van der Waals surface area contributed by atoms with E-state index >= 15 is 0 Å². The van der Waals surface area contributed by atoms with Crippen LogP contribution in [0.5, 0.6) is 11.5 Å². The average Bonchev–Trinajstić information content (AvgIpc) is 2.76. The number of rotatable bonds is 4. The summed E-state index contributed by atoms with van der Waals surface area (Å²) in [7, 11) is 0. The molecule has 1 aliphatic heterocycles. The topological polar surface area (TPSA) is 47.6 Å². The summed E-state index contributed by atoms with van der Waals surface area (Å²) in [4.78, 5) is 12.1. The third-order valence-electron chi connectivity index (χ3n) is 2.57. The first kappa shape index (κ1) is 11.0. The zero-order chi connectivity index (χ0) is 11.5. The monoisotopic (exact) mass is 221 g/mol. The summed E-state index contributed by atoms with van der Waals surface area (Å²) >= 11 is 0. The van der Waals surface area contributed by atoms with Crippen molar-refractivity contribution in [2.24, 2.45) is 0 Å². The number of hydrogen-bond donors (Lipinski definition) is 1. The number of carbonyl (C=O) groups excluding carboxylic acids is 1. The average molecular weight is 221 g/mol. The molecule has 1 aromatic rings. The van der Waals surface area contributed by atoms with E-state index in [1.54, 1.807) is 18.2 Å². The van der Waals surface area contributed by atoms with Gasteiger partial charge in [-0.05, 0) is 25.6 Å². The van der Waals surface area contributed by atoms with Gasteiger partial charge in [0.05, 0.1) is 11.6 Å². The highest BCUT2D eigenvalue weighted by Gasteiger charge is 2.24. The van der Waals surface area contributed by atoms with Crippen LogP contribution in [-0.2, 0) is 0 Å². The molecule has 0 aromatic heterocycles. The Hall–Kier alpha value is -1.55. The molecule has 1 unspecified atom stereocenters. The number of likely N-dealkylation sites (N-methyl/N-ethyl adjacent to an activating group) is 1. The van der Waals surface area contributed by atoms with Crippen molar-refractivity contribution in [2.75, 3.05) is 13.3 Å². The summed E-state index contributed by atoms with van der Waals surface area (Å²) < 4.78 is 10.5. The minimum absolute atomic E-state index is 0.0317. The molecule has 0 radical (unpaired) electrons. The van der Waals surface area contributed by atoms with E-state index in [0.717, 1.165) is 6.54 Å². The van der Waals surface area contributed by atoms with Crippen LogP contribution >= 0.6 is 0 Å². The Morgan fingerprint density at radius 3 is 3.06 bits per heavy atom. The first-order chi connectivity index (χ1) is 7.74. The number of nitrogens with one attached hydrogen (secondary N) is 1. The fraction of sp³-hybridized carbons (Fsp3) is 0.417. The van der Waals surface area contributed by atoms with Gasteiger partial charge in [-0.25, -0.2) is 0 Å². The Bertz CT molecular complexity index is 403. The van der Waals surface area contributed by atoms with E-state index in [1.165, 1.54) is 0 Å². The van der Waals surface area contributed by atoms with Crippen LogP contribution in [0, 0.1) is 0 Å². The second-order valence-corrected chi connectivity index (χ2v) is 3.68. The number of carbonyl (C=O) groups is 1. The second kappa shape index (κ2) is 4.53. The molecule has 4 nitrogen and oxygen atoms in total. The molecule has 1 atom stereocenters. The molecule has 0 saturated heterocycles. The number of benzene rings is 1. The van der Waals surface area contributed by atoms with Crippen LogP contribution in [0.15, 0.2) is 18.2 Å². The zero-order valence-electron chi connectivity index (χ0n) is 9.45. The third kappa shape index (κ3) is 1.88. The Kier molecular flexibility index (Phi) is 3.10. The molecule has 1 heterocycles. The Morgan fingerprint density at radius 2 is 2.31 bits per heavy atom. The quantitative estimate of drug-likeness (QED) is 0.784. The number of Topliss-reactive ketones (excluding diaryl/α,β-unsaturated/α-hetero) is 1. The molecule has 1 N–H and O–H groups in total. The van der Waals surface area contributed by atoms with E-state index in [2.05, 4.69) is 5.32 Å². The molecule has 4 heteroatoms. The number of fused-ring (bicyclic) bond motifs is 1. The van der Waals surface area contributed by atoms with Gasteiger partial charge in [0.1, 0.15) is 0 Å². The van der Waals surface area contributed by atoms with E-state index in [0.29, 0.717) is 17.1 Å². The largest absolute Gasteiger partial charge is 0.454 e. The van der Waals surface area contributed by atoms with Crippen LogP contribution in [0.3, 0.4) is 0 Å². The minimum atomic E-state index is -0.208. The predicted octanol–water partition coefficient (Wildman–Crippen LogP) is 1.60. The van der Waals surface area contributed by atoms with Crippen LogP contribution in [0.4, 0.5) is 0 Å². The van der Waals surface area contributed by atoms with Crippen LogP contribution in [0.25, 0.3) is 0 Å². The van der Waals surface area contributed by atoms with Crippen molar-refractivity contribution in [3.63, 3.8) is 0 Å². The first-order valence-electron chi connectivity index (χ1n) is 5.40. The van der Waals surface area contributed by atoms with Crippen LogP contribution < -0.4 is 14.8 Å². The number of para-hydroxylation sites is 1. The van der Waals surface area contributed by atoms with E-state index in [9.17, 15) is 4.79 Å². The zero-order valence-corrected chi connectivity index (χ0v) is 9.45. The van der Waals surface area contributed by atoms with Gasteiger partial charge in [0.15, 0.2) is 17.3 Å². The molecule has 0 spiro atoms. The van der Waals surface area contributed by atoms with Crippen molar-refractivity contribution in [1.82, 2.24) is 5.32 Å². The van der Waals surface area contributed by atoms with E-state index < -0.39 is 0 Å². The summed E-state index contributed by atoms with van der Waals surface area (Å²) in [6.07, 6.45) is 0. The molecule has 0 fully saturated rings. The standard InChI is InChI=1S/C12H15NO3/c1-3-13-8(2)11(14)9-5-4-6-10-12(9)16-7-15-10/h4-6,8,13H,3,7H2,1-2H3. The van der Waals surface area contributed by atoms with Gasteiger partial charge >= 0.3 is 0 Å². The van der Waals surface area contributed by atoms with Gasteiger partial charge in [-0.2, -0.15) is 0 Å². The molecule has 1 aromatic carbocycles. The van der Waals surface area contributed by atoms with Gasteiger partial charge in [-0.15, -0.1) is 0 Å². The Labute approximate surface area is 94.6 Å². The molecule has 0 bridgehead atoms. The SMILES string of the molecule is CCNC(C)C(=O)c1cccc2c1OCO2. The molecule has 1 aliphatic rings. The summed E-state index contributed by atoms with van der Waals surface area (Å²) in [5.74, 6) is 1.25. The van der Waals surface area contributed by atoms with Gasteiger partial charge < -0.3 is 14.8 Å². The van der Waals surface area contributed by atoms with E-state index in [-0.39, 0.29) is 18.6 Å². The summed E-state index contributed by atoms with van der Waals surface area (Å²) in [5.41, 5.74) is 0.587. The lowest BCUT2D eigenvalue weighted by Crippen LogP contribution is -2.33. The fourth-order valence-corrected chi connectivity index (χ4v) is 1.76. The number of ether oxygens (including phenoxy) is 2. The summed E-state index contributed by atoms with van der Waals surface area (Å²) in [6.45, 7) is 4.77. The number of hydrogen-bond acceptors (Lipinski definition) is 4. The molecule has 0 saturated carbocycles. The smallest absolute Gasteiger partial charge is 0.231 e. The molecule has 0 aliphatic carbocycles. The molecule has 0 amide bonds. The Morgan fingerprint density at radius 1 is 1.50 bits per heavy atom. The highest BCUT2D eigenvalue weighted by atomic mass is 16.7. The van der Waals surface area contributed by atoms with Crippen molar-refractivity contribution in [3.05, 3.63) is 23.8 Å². The number of ketones is 1. The summed E-state index contributed by atoms with van der Waals surface area (Å²) in [5, 5.41) is 3.09. The van der Waals surface area contributed by atoms with E-state index in [1.807, 2.05) is 13.8 Å². The van der Waals surface area contributed by atoms with Crippen molar-refractivity contribution in [1.29, 1.82) is 0 Å². The highest BCUT2D eigenvalue weighted by Crippen LogP contribution is 2.35. The Balaban J connectivity index is 2.27.